The van der Waals surface area contributed by atoms with Gasteiger partial charge in [0.15, 0.2) is 11.6 Å². The predicted molar refractivity (Wildman–Crippen MR) is 116 cm³/mol. The highest BCUT2D eigenvalue weighted by molar-refractivity contribution is 5.93. The minimum absolute atomic E-state index is 0.141. The third kappa shape index (κ3) is 5.24. The highest BCUT2D eigenvalue weighted by Crippen LogP contribution is 2.23. The first-order valence-corrected chi connectivity index (χ1v) is 9.84. The van der Waals surface area contributed by atoms with Gasteiger partial charge < -0.3 is 10.1 Å². The zero-order valence-electron chi connectivity index (χ0n) is 17.8. The number of nitrogens with one attached hydrogen (secondary N) is 1. The summed E-state index contributed by atoms with van der Waals surface area (Å²) in [5, 5.41) is 7.53. The van der Waals surface area contributed by atoms with Crippen molar-refractivity contribution in [2.45, 2.75) is 20.8 Å². The zero-order chi connectivity index (χ0) is 21.7. The van der Waals surface area contributed by atoms with Gasteiger partial charge in [-0.15, -0.1) is 0 Å². The SMILES string of the molecule is Cc1ccc(-n2nc(C)c(NC(=O)CN(C)CCOc3ccccc3F)c2C)cc1. The van der Waals surface area contributed by atoms with Crippen molar-refractivity contribution in [3.05, 3.63) is 71.3 Å². The predicted octanol–water partition coefficient (Wildman–Crippen LogP) is 3.89. The number of para-hydroxylation sites is 1. The number of carbonyl (C=O) groups excluding carboxylic acids is 1. The van der Waals surface area contributed by atoms with Crippen molar-refractivity contribution < 1.29 is 13.9 Å². The Bertz CT molecular complexity index is 1010. The van der Waals surface area contributed by atoms with Crippen molar-refractivity contribution in [3.8, 4) is 11.4 Å². The lowest BCUT2D eigenvalue weighted by molar-refractivity contribution is -0.117. The molecule has 3 aromatic rings. The Labute approximate surface area is 176 Å². The molecular formula is C23H27FN4O2. The number of rotatable bonds is 8. The van der Waals surface area contributed by atoms with Gasteiger partial charge in [0, 0.05) is 6.54 Å². The summed E-state index contributed by atoms with van der Waals surface area (Å²) in [6.45, 7) is 6.81. The van der Waals surface area contributed by atoms with Gasteiger partial charge in [0.25, 0.3) is 0 Å². The quantitative estimate of drug-likeness (QED) is 0.612. The maximum absolute atomic E-state index is 13.6. The van der Waals surface area contributed by atoms with Gasteiger partial charge in [-0.05, 0) is 52.1 Å². The van der Waals surface area contributed by atoms with E-state index in [2.05, 4.69) is 10.4 Å². The largest absolute Gasteiger partial charge is 0.489 e. The second-order valence-electron chi connectivity index (χ2n) is 7.36. The second-order valence-corrected chi connectivity index (χ2v) is 7.36. The summed E-state index contributed by atoms with van der Waals surface area (Å²) >= 11 is 0. The molecular weight excluding hydrogens is 383 g/mol. The fourth-order valence-electron chi connectivity index (χ4n) is 3.14. The number of ether oxygens (including phenoxy) is 1. The summed E-state index contributed by atoms with van der Waals surface area (Å²) in [6, 6.07) is 14.3. The number of nitrogens with zero attached hydrogens (tertiary/aromatic N) is 3. The minimum Gasteiger partial charge on any atom is -0.489 e. The van der Waals surface area contributed by atoms with E-state index in [9.17, 15) is 9.18 Å². The van der Waals surface area contributed by atoms with Gasteiger partial charge in [0.2, 0.25) is 5.91 Å². The van der Waals surface area contributed by atoms with Crippen molar-refractivity contribution >= 4 is 11.6 Å². The minimum atomic E-state index is -0.394. The molecule has 0 atom stereocenters. The number of halogens is 1. The molecule has 6 nitrogen and oxygen atoms in total. The average Bonchev–Trinajstić information content (AvgIpc) is 2.98. The van der Waals surface area contributed by atoms with Crippen molar-refractivity contribution in [1.82, 2.24) is 14.7 Å². The molecule has 1 amide bonds. The molecule has 0 unspecified atom stereocenters. The van der Waals surface area contributed by atoms with Gasteiger partial charge in [-0.1, -0.05) is 29.8 Å². The number of hydrogen-bond acceptors (Lipinski definition) is 4. The lowest BCUT2D eigenvalue weighted by Crippen LogP contribution is -2.33. The number of aromatic nitrogens is 2. The Morgan fingerprint density at radius 2 is 1.83 bits per heavy atom. The van der Waals surface area contributed by atoms with Crippen LogP contribution in [0.15, 0.2) is 48.5 Å². The molecule has 1 N–H and O–H groups in total. The van der Waals surface area contributed by atoms with Crippen LogP contribution in [0.3, 0.4) is 0 Å². The summed E-state index contributed by atoms with van der Waals surface area (Å²) < 4.78 is 20.9. The number of likely N-dealkylation sites (N-methyl/N-ethyl adjacent to an activating group) is 1. The van der Waals surface area contributed by atoms with E-state index in [0.717, 1.165) is 22.8 Å². The summed E-state index contributed by atoms with van der Waals surface area (Å²) in [7, 11) is 1.82. The lowest BCUT2D eigenvalue weighted by Gasteiger charge is -2.17. The molecule has 7 heteroatoms. The van der Waals surface area contributed by atoms with E-state index >= 15 is 0 Å². The van der Waals surface area contributed by atoms with Crippen LogP contribution in [0, 0.1) is 26.6 Å². The van der Waals surface area contributed by atoms with Crippen LogP contribution >= 0.6 is 0 Å². The van der Waals surface area contributed by atoms with E-state index in [1.165, 1.54) is 11.6 Å². The fraction of sp³-hybridized carbons (Fsp3) is 0.304. The van der Waals surface area contributed by atoms with Crippen LogP contribution in [-0.4, -0.2) is 47.3 Å². The summed E-state index contributed by atoms with van der Waals surface area (Å²) in [5.74, 6) is -0.322. The molecule has 158 valence electrons. The maximum atomic E-state index is 13.6. The molecule has 0 bridgehead atoms. The van der Waals surface area contributed by atoms with Gasteiger partial charge in [-0.2, -0.15) is 5.10 Å². The van der Waals surface area contributed by atoms with Gasteiger partial charge in [-0.3, -0.25) is 9.69 Å². The Kier molecular flexibility index (Phi) is 6.84. The molecule has 1 heterocycles. The van der Waals surface area contributed by atoms with E-state index in [-0.39, 0.29) is 24.8 Å². The van der Waals surface area contributed by atoms with E-state index in [0.29, 0.717) is 6.54 Å². The van der Waals surface area contributed by atoms with E-state index < -0.39 is 5.82 Å². The second kappa shape index (κ2) is 9.54. The lowest BCUT2D eigenvalue weighted by atomic mass is 10.2. The van der Waals surface area contributed by atoms with Gasteiger partial charge in [0.1, 0.15) is 6.61 Å². The molecule has 0 radical (unpaired) electrons. The molecule has 1 aromatic heterocycles. The first kappa shape index (κ1) is 21.5. The third-order valence-corrected chi connectivity index (χ3v) is 4.82. The first-order valence-electron chi connectivity index (χ1n) is 9.84. The van der Waals surface area contributed by atoms with Crippen LogP contribution in [0.2, 0.25) is 0 Å². The summed E-state index contributed by atoms with van der Waals surface area (Å²) in [6.07, 6.45) is 0. The van der Waals surface area contributed by atoms with E-state index in [4.69, 9.17) is 4.74 Å². The molecule has 30 heavy (non-hydrogen) atoms. The molecule has 3 rings (SSSR count). The van der Waals surface area contributed by atoms with Crippen LogP contribution in [0.5, 0.6) is 5.75 Å². The van der Waals surface area contributed by atoms with E-state index in [1.807, 2.05) is 61.7 Å². The molecule has 0 spiro atoms. The monoisotopic (exact) mass is 410 g/mol. The molecule has 0 aliphatic heterocycles. The van der Waals surface area contributed by atoms with Gasteiger partial charge in [-0.25, -0.2) is 9.07 Å². The number of aryl methyl sites for hydroxylation is 2. The molecule has 0 aliphatic rings. The smallest absolute Gasteiger partial charge is 0.238 e. The highest BCUT2D eigenvalue weighted by atomic mass is 19.1. The maximum Gasteiger partial charge on any atom is 0.238 e. The standard InChI is InChI=1S/C23H27FN4O2/c1-16-9-11-19(12-10-16)28-18(3)23(17(2)26-28)25-22(29)15-27(4)13-14-30-21-8-6-5-7-20(21)24/h5-12H,13-15H2,1-4H3,(H,25,29). The number of hydrogen-bond donors (Lipinski definition) is 1. The average molecular weight is 410 g/mol. The molecule has 0 saturated carbocycles. The van der Waals surface area contributed by atoms with Crippen LogP contribution in [-0.2, 0) is 4.79 Å². The Balaban J connectivity index is 1.55. The van der Waals surface area contributed by atoms with Gasteiger partial charge >= 0.3 is 0 Å². The van der Waals surface area contributed by atoms with Crippen molar-refractivity contribution in [1.29, 1.82) is 0 Å². The van der Waals surface area contributed by atoms with E-state index in [1.54, 1.807) is 18.2 Å². The van der Waals surface area contributed by atoms with Gasteiger partial charge in [0.05, 0.1) is 29.3 Å². The zero-order valence-corrected chi connectivity index (χ0v) is 17.8. The van der Waals surface area contributed by atoms with Crippen molar-refractivity contribution in [2.24, 2.45) is 0 Å². The first-order chi connectivity index (χ1) is 14.3. The summed E-state index contributed by atoms with van der Waals surface area (Å²) in [5.41, 5.74) is 4.47. The molecule has 0 fully saturated rings. The Morgan fingerprint density at radius 3 is 2.53 bits per heavy atom. The number of amides is 1. The normalized spacial score (nSPS) is 11.0. The fourth-order valence-corrected chi connectivity index (χ4v) is 3.14. The van der Waals surface area contributed by atoms with Crippen LogP contribution < -0.4 is 10.1 Å². The van der Waals surface area contributed by atoms with Crippen LogP contribution in [0.25, 0.3) is 5.69 Å². The highest BCUT2D eigenvalue weighted by Gasteiger charge is 2.16. The van der Waals surface area contributed by atoms with Crippen molar-refractivity contribution in [2.75, 3.05) is 32.1 Å². The molecule has 0 aliphatic carbocycles. The summed E-state index contributed by atoms with van der Waals surface area (Å²) in [4.78, 5) is 14.3. The van der Waals surface area contributed by atoms with Crippen LogP contribution in [0.4, 0.5) is 10.1 Å². The molecule has 0 saturated heterocycles. The number of anilines is 1. The topological polar surface area (TPSA) is 59.4 Å². The molecule has 2 aromatic carbocycles. The number of benzene rings is 2. The third-order valence-electron chi connectivity index (χ3n) is 4.82. The number of carbonyl (C=O) groups is 1. The van der Waals surface area contributed by atoms with Crippen LogP contribution in [0.1, 0.15) is 17.0 Å². The Morgan fingerprint density at radius 1 is 1.13 bits per heavy atom. The Hall–Kier alpha value is -3.19. The van der Waals surface area contributed by atoms with Crippen molar-refractivity contribution in [3.63, 3.8) is 0 Å².